The number of aromatic nitrogens is 2. The maximum Gasteiger partial charge on any atom is 0.256 e. The Morgan fingerprint density at radius 3 is 2.61 bits per heavy atom. The number of phenolic OH excluding ortho intramolecular Hbond substituents is 1. The van der Waals surface area contributed by atoms with Crippen LogP contribution in [0.3, 0.4) is 0 Å². The van der Waals surface area contributed by atoms with Crippen LogP contribution in [0.2, 0.25) is 0 Å². The lowest BCUT2D eigenvalue weighted by Gasteiger charge is -2.34. The second kappa shape index (κ2) is 7.28. The fraction of sp³-hybridized carbons (Fsp3) is 0.364. The molecule has 1 aromatic carbocycles. The predicted molar refractivity (Wildman–Crippen MR) is 109 cm³/mol. The molecule has 0 aliphatic carbocycles. The molecule has 0 radical (unpaired) electrons. The summed E-state index contributed by atoms with van der Waals surface area (Å²) in [7, 11) is 1.96. The zero-order valence-corrected chi connectivity index (χ0v) is 16.6. The lowest BCUT2D eigenvalue weighted by Crippen LogP contribution is -2.48. The highest BCUT2D eigenvalue weighted by Gasteiger charge is 2.27. The van der Waals surface area contributed by atoms with Crippen molar-refractivity contribution in [2.45, 2.75) is 20.4 Å². The molecule has 3 aromatic rings. The molecule has 0 saturated carbocycles. The van der Waals surface area contributed by atoms with Gasteiger partial charge in [0, 0.05) is 62.6 Å². The average molecular weight is 378 g/mol. The van der Waals surface area contributed by atoms with Crippen molar-refractivity contribution in [1.29, 1.82) is 0 Å². The van der Waals surface area contributed by atoms with E-state index in [9.17, 15) is 9.90 Å². The number of amides is 1. The number of piperazine rings is 1. The summed E-state index contributed by atoms with van der Waals surface area (Å²) in [5.41, 5.74) is 4.89. The Labute approximate surface area is 165 Å². The molecular weight excluding hydrogens is 352 g/mol. The second-order valence-electron chi connectivity index (χ2n) is 7.56. The maximum atomic E-state index is 13.3. The van der Waals surface area contributed by atoms with Crippen molar-refractivity contribution in [3.63, 3.8) is 0 Å². The number of aromatic hydroxyl groups is 1. The quantitative estimate of drug-likeness (QED) is 0.761. The molecule has 1 aliphatic heterocycles. The number of carbonyl (C=O) groups is 1. The van der Waals surface area contributed by atoms with Crippen molar-refractivity contribution in [1.82, 2.24) is 19.4 Å². The first-order valence-electron chi connectivity index (χ1n) is 9.66. The SMILES string of the molecule is Cc1cccnc1CN1CCN(C(=O)c2c(C)n(C)c3ccc(O)cc23)CC1. The highest BCUT2D eigenvalue weighted by Crippen LogP contribution is 2.29. The number of hydrogen-bond donors (Lipinski definition) is 1. The molecule has 2 aromatic heterocycles. The first kappa shape index (κ1) is 18.5. The van der Waals surface area contributed by atoms with E-state index < -0.39 is 0 Å². The fourth-order valence-corrected chi connectivity index (χ4v) is 3.99. The minimum absolute atomic E-state index is 0.0439. The smallest absolute Gasteiger partial charge is 0.256 e. The van der Waals surface area contributed by atoms with Gasteiger partial charge in [0.1, 0.15) is 5.75 Å². The zero-order chi connectivity index (χ0) is 19.8. The van der Waals surface area contributed by atoms with Gasteiger partial charge in [0.15, 0.2) is 0 Å². The summed E-state index contributed by atoms with van der Waals surface area (Å²) in [6.07, 6.45) is 1.83. The van der Waals surface area contributed by atoms with Gasteiger partial charge in [-0.05, 0) is 43.7 Å². The molecule has 6 nitrogen and oxygen atoms in total. The number of fused-ring (bicyclic) bond motifs is 1. The van der Waals surface area contributed by atoms with Gasteiger partial charge in [0.2, 0.25) is 0 Å². The number of rotatable bonds is 3. The highest BCUT2D eigenvalue weighted by atomic mass is 16.3. The molecular formula is C22H26N4O2. The molecule has 1 amide bonds. The number of aryl methyl sites for hydroxylation is 2. The Morgan fingerprint density at radius 2 is 1.89 bits per heavy atom. The third-order valence-corrected chi connectivity index (χ3v) is 5.84. The van der Waals surface area contributed by atoms with E-state index in [1.54, 1.807) is 12.1 Å². The Bertz CT molecular complexity index is 1030. The largest absolute Gasteiger partial charge is 0.508 e. The van der Waals surface area contributed by atoms with Crippen molar-refractivity contribution < 1.29 is 9.90 Å². The van der Waals surface area contributed by atoms with Gasteiger partial charge in [0.05, 0.1) is 11.3 Å². The number of pyridine rings is 1. The van der Waals surface area contributed by atoms with E-state index in [2.05, 4.69) is 22.9 Å². The summed E-state index contributed by atoms with van der Waals surface area (Å²) < 4.78 is 2.02. The normalized spacial score (nSPS) is 15.3. The topological polar surface area (TPSA) is 61.6 Å². The first-order chi connectivity index (χ1) is 13.5. The van der Waals surface area contributed by atoms with Gasteiger partial charge in [-0.1, -0.05) is 6.07 Å². The third kappa shape index (κ3) is 3.24. The highest BCUT2D eigenvalue weighted by molar-refractivity contribution is 6.08. The Kier molecular flexibility index (Phi) is 4.81. The summed E-state index contributed by atoms with van der Waals surface area (Å²) >= 11 is 0. The van der Waals surface area contributed by atoms with Crippen LogP contribution < -0.4 is 0 Å². The fourth-order valence-electron chi connectivity index (χ4n) is 3.99. The molecule has 1 fully saturated rings. The molecule has 4 rings (SSSR count). The van der Waals surface area contributed by atoms with Crippen molar-refractivity contribution in [2.75, 3.05) is 26.2 Å². The molecule has 146 valence electrons. The van der Waals surface area contributed by atoms with Gasteiger partial charge in [-0.2, -0.15) is 0 Å². The van der Waals surface area contributed by atoms with Crippen LogP contribution in [0.15, 0.2) is 36.5 Å². The Balaban J connectivity index is 1.50. The van der Waals surface area contributed by atoms with Crippen molar-refractivity contribution in [3.05, 3.63) is 59.0 Å². The van der Waals surface area contributed by atoms with E-state index in [4.69, 9.17) is 0 Å². The molecule has 1 N–H and O–H groups in total. The Morgan fingerprint density at radius 1 is 1.14 bits per heavy atom. The second-order valence-corrected chi connectivity index (χ2v) is 7.56. The number of phenols is 1. The van der Waals surface area contributed by atoms with Crippen LogP contribution >= 0.6 is 0 Å². The number of hydrogen-bond acceptors (Lipinski definition) is 4. The van der Waals surface area contributed by atoms with E-state index in [-0.39, 0.29) is 11.7 Å². The molecule has 0 spiro atoms. The van der Waals surface area contributed by atoms with Gasteiger partial charge < -0.3 is 14.6 Å². The van der Waals surface area contributed by atoms with E-state index in [1.807, 2.05) is 41.8 Å². The molecule has 3 heterocycles. The van der Waals surface area contributed by atoms with Gasteiger partial charge in [-0.25, -0.2) is 0 Å². The van der Waals surface area contributed by atoms with Crippen LogP contribution in [0.4, 0.5) is 0 Å². The molecule has 28 heavy (non-hydrogen) atoms. The summed E-state index contributed by atoms with van der Waals surface area (Å²) in [6.45, 7) is 7.91. The van der Waals surface area contributed by atoms with Crippen LogP contribution in [0, 0.1) is 13.8 Å². The van der Waals surface area contributed by atoms with Crippen molar-refractivity contribution >= 4 is 16.8 Å². The molecule has 1 saturated heterocycles. The molecule has 1 aliphatic rings. The maximum absolute atomic E-state index is 13.3. The number of benzene rings is 1. The minimum atomic E-state index is 0.0439. The zero-order valence-electron chi connectivity index (χ0n) is 16.6. The molecule has 0 atom stereocenters. The molecule has 0 bridgehead atoms. The van der Waals surface area contributed by atoms with E-state index in [0.717, 1.165) is 41.9 Å². The van der Waals surface area contributed by atoms with Crippen LogP contribution in [0.1, 0.15) is 27.3 Å². The number of nitrogens with zero attached hydrogens (tertiary/aromatic N) is 4. The monoisotopic (exact) mass is 378 g/mol. The lowest BCUT2D eigenvalue weighted by atomic mass is 10.1. The third-order valence-electron chi connectivity index (χ3n) is 5.84. The Hall–Kier alpha value is -2.86. The van der Waals surface area contributed by atoms with E-state index >= 15 is 0 Å². The van der Waals surface area contributed by atoms with Crippen molar-refractivity contribution in [3.8, 4) is 5.75 Å². The lowest BCUT2D eigenvalue weighted by molar-refractivity contribution is 0.0627. The predicted octanol–water partition coefficient (Wildman–Crippen LogP) is 2.85. The van der Waals surface area contributed by atoms with E-state index in [0.29, 0.717) is 18.7 Å². The van der Waals surface area contributed by atoms with Crippen LogP contribution in [0.5, 0.6) is 5.75 Å². The van der Waals surface area contributed by atoms with Crippen LogP contribution in [0.25, 0.3) is 10.9 Å². The first-order valence-corrected chi connectivity index (χ1v) is 9.66. The molecule has 0 unspecified atom stereocenters. The summed E-state index contributed by atoms with van der Waals surface area (Å²) in [5, 5.41) is 10.7. The summed E-state index contributed by atoms with van der Waals surface area (Å²) in [5.74, 6) is 0.227. The van der Waals surface area contributed by atoms with Crippen LogP contribution in [-0.4, -0.2) is 56.5 Å². The minimum Gasteiger partial charge on any atom is -0.508 e. The average Bonchev–Trinajstić information content (AvgIpc) is 2.93. The number of carbonyl (C=O) groups excluding carboxylic acids is 1. The van der Waals surface area contributed by atoms with E-state index in [1.165, 1.54) is 5.56 Å². The van der Waals surface area contributed by atoms with Gasteiger partial charge in [-0.15, -0.1) is 0 Å². The standard InChI is InChI=1S/C22H26N4O2/c1-15-5-4-8-23-19(15)14-25-9-11-26(12-10-25)22(28)21-16(2)24(3)20-7-6-17(27)13-18(20)21/h4-8,13,27H,9-12,14H2,1-3H3. The van der Waals surface area contributed by atoms with Crippen molar-refractivity contribution in [2.24, 2.45) is 7.05 Å². The van der Waals surface area contributed by atoms with Crippen LogP contribution in [-0.2, 0) is 13.6 Å². The summed E-state index contributed by atoms with van der Waals surface area (Å²) in [4.78, 5) is 22.0. The summed E-state index contributed by atoms with van der Waals surface area (Å²) in [6, 6.07) is 9.26. The van der Waals surface area contributed by atoms with Gasteiger partial charge in [-0.3, -0.25) is 14.7 Å². The van der Waals surface area contributed by atoms with Gasteiger partial charge >= 0.3 is 0 Å². The van der Waals surface area contributed by atoms with Gasteiger partial charge in [0.25, 0.3) is 5.91 Å². The molecule has 6 heteroatoms.